The standard InChI is InChI=1S/C9H19NO5S/c11-9(12)5-2-1-3-6-10-7-4-8-16(13,14)15/h10H,1-8H2,(H,11,12)(H,13,14,15). The number of carboxylic acids is 1. The number of hydrogen-bond acceptors (Lipinski definition) is 4. The molecule has 0 aliphatic carbocycles. The van der Waals surface area contributed by atoms with Crippen LogP contribution in [0.2, 0.25) is 0 Å². The number of hydrogen-bond donors (Lipinski definition) is 2. The van der Waals surface area contributed by atoms with E-state index in [0.717, 1.165) is 19.4 Å². The van der Waals surface area contributed by atoms with Crippen molar-refractivity contribution in [3.63, 3.8) is 0 Å². The van der Waals surface area contributed by atoms with Crippen LogP contribution in [-0.2, 0) is 14.9 Å². The van der Waals surface area contributed by atoms with Crippen LogP contribution in [0.3, 0.4) is 0 Å². The highest BCUT2D eigenvalue weighted by Gasteiger charge is 1.98. The number of aliphatic carboxylic acids is 1. The normalized spacial score (nSPS) is 11.6. The lowest BCUT2D eigenvalue weighted by Gasteiger charge is -2.05. The average molecular weight is 253 g/mol. The van der Waals surface area contributed by atoms with Gasteiger partial charge in [0.15, 0.2) is 0 Å². The molecule has 0 aromatic heterocycles. The molecule has 0 saturated carbocycles. The average Bonchev–Trinajstić information content (AvgIpc) is 2.13. The molecule has 96 valence electrons. The topological polar surface area (TPSA) is 111 Å². The fraction of sp³-hybridized carbons (Fsp3) is 0.889. The summed E-state index contributed by atoms with van der Waals surface area (Å²) < 4.78 is 30.7. The van der Waals surface area contributed by atoms with Crippen LogP contribution in [0.4, 0.5) is 0 Å². The molecule has 0 rings (SSSR count). The van der Waals surface area contributed by atoms with Gasteiger partial charge in [-0.3, -0.25) is 4.79 Å². The van der Waals surface area contributed by atoms with Gasteiger partial charge in [0.1, 0.15) is 0 Å². The van der Waals surface area contributed by atoms with Crippen LogP contribution in [0.15, 0.2) is 0 Å². The lowest BCUT2D eigenvalue weighted by atomic mass is 10.2. The number of nitrogens with two attached hydrogens (primary N) is 1. The fourth-order valence-electron chi connectivity index (χ4n) is 1.29. The maximum atomic E-state index is 10.2. The molecular formula is C9H19NO5S. The summed E-state index contributed by atoms with van der Waals surface area (Å²) in [4.78, 5) is 10.2. The van der Waals surface area contributed by atoms with Crippen LogP contribution in [0.5, 0.6) is 0 Å². The molecule has 16 heavy (non-hydrogen) atoms. The van der Waals surface area contributed by atoms with Crippen molar-refractivity contribution in [1.29, 1.82) is 0 Å². The van der Waals surface area contributed by atoms with Crippen molar-refractivity contribution in [3.05, 3.63) is 0 Å². The molecule has 0 radical (unpaired) electrons. The van der Waals surface area contributed by atoms with Gasteiger partial charge in [-0.15, -0.1) is 0 Å². The third-order valence-corrected chi connectivity index (χ3v) is 2.89. The summed E-state index contributed by atoms with van der Waals surface area (Å²) in [5.74, 6) is -1.08. The molecule has 0 aliphatic heterocycles. The number of carbonyl (C=O) groups is 1. The molecular weight excluding hydrogens is 234 g/mol. The SMILES string of the molecule is O=C(O)CCCCC[NH2+]CCCS(=O)(=O)[O-]. The van der Waals surface area contributed by atoms with Gasteiger partial charge in [-0.2, -0.15) is 0 Å². The smallest absolute Gasteiger partial charge is 0.303 e. The van der Waals surface area contributed by atoms with Gasteiger partial charge in [0.25, 0.3) is 0 Å². The van der Waals surface area contributed by atoms with Gasteiger partial charge in [-0.1, -0.05) is 0 Å². The Morgan fingerprint density at radius 2 is 1.75 bits per heavy atom. The lowest BCUT2D eigenvalue weighted by Crippen LogP contribution is -2.84. The number of rotatable bonds is 10. The van der Waals surface area contributed by atoms with Gasteiger partial charge < -0.3 is 15.0 Å². The molecule has 0 unspecified atom stereocenters. The van der Waals surface area contributed by atoms with E-state index in [0.29, 0.717) is 19.4 Å². The van der Waals surface area contributed by atoms with Crippen molar-refractivity contribution < 1.29 is 28.2 Å². The van der Waals surface area contributed by atoms with Crippen molar-refractivity contribution in [1.82, 2.24) is 0 Å². The van der Waals surface area contributed by atoms with Gasteiger partial charge >= 0.3 is 5.97 Å². The minimum atomic E-state index is -4.07. The summed E-state index contributed by atoms with van der Waals surface area (Å²) in [6.45, 7) is 1.47. The first-order valence-corrected chi connectivity index (χ1v) is 6.96. The maximum absolute atomic E-state index is 10.2. The van der Waals surface area contributed by atoms with E-state index in [4.69, 9.17) is 5.11 Å². The minimum absolute atomic E-state index is 0.203. The Morgan fingerprint density at radius 3 is 2.31 bits per heavy atom. The monoisotopic (exact) mass is 253 g/mol. The Labute approximate surface area is 95.8 Å². The number of unbranched alkanes of at least 4 members (excludes halogenated alkanes) is 2. The van der Waals surface area contributed by atoms with E-state index in [1.54, 1.807) is 0 Å². The highest BCUT2D eigenvalue weighted by molar-refractivity contribution is 7.85. The molecule has 0 bridgehead atoms. The van der Waals surface area contributed by atoms with Crippen molar-refractivity contribution in [2.45, 2.75) is 32.1 Å². The van der Waals surface area contributed by atoms with Crippen molar-refractivity contribution in [3.8, 4) is 0 Å². The molecule has 0 fully saturated rings. The van der Waals surface area contributed by atoms with Crippen LogP contribution in [0, 0.1) is 0 Å². The fourth-order valence-corrected chi connectivity index (χ4v) is 1.81. The van der Waals surface area contributed by atoms with E-state index in [1.807, 2.05) is 5.32 Å². The molecule has 0 aromatic rings. The summed E-state index contributed by atoms with van der Waals surface area (Å²) in [6.07, 6.45) is 3.04. The van der Waals surface area contributed by atoms with Crippen LogP contribution in [-0.4, -0.2) is 42.9 Å². The van der Waals surface area contributed by atoms with Gasteiger partial charge in [-0.05, 0) is 19.3 Å². The quantitative estimate of drug-likeness (QED) is 0.388. The van der Waals surface area contributed by atoms with Crippen molar-refractivity contribution >= 4 is 16.1 Å². The summed E-state index contributed by atoms with van der Waals surface area (Å²) in [5, 5.41) is 10.3. The zero-order chi connectivity index (χ0) is 12.4. The van der Waals surface area contributed by atoms with E-state index in [2.05, 4.69) is 0 Å². The summed E-state index contributed by atoms with van der Waals surface area (Å²) in [7, 11) is -4.07. The van der Waals surface area contributed by atoms with E-state index >= 15 is 0 Å². The highest BCUT2D eigenvalue weighted by Crippen LogP contribution is 1.97. The third-order valence-electron chi connectivity index (χ3n) is 2.10. The molecule has 3 N–H and O–H groups in total. The first kappa shape index (κ1) is 15.3. The predicted molar refractivity (Wildman–Crippen MR) is 56.9 cm³/mol. The Bertz CT molecular complexity index is 288. The lowest BCUT2D eigenvalue weighted by molar-refractivity contribution is -0.654. The Balaban J connectivity index is 3.13. The third kappa shape index (κ3) is 13.3. The predicted octanol–water partition coefficient (Wildman–Crippen LogP) is -0.870. The van der Waals surface area contributed by atoms with Gasteiger partial charge in [-0.25, -0.2) is 8.42 Å². The molecule has 0 aliphatic rings. The molecule has 7 heteroatoms. The largest absolute Gasteiger partial charge is 0.748 e. The van der Waals surface area contributed by atoms with Gasteiger partial charge in [0.05, 0.1) is 23.2 Å². The Hall–Kier alpha value is -0.660. The van der Waals surface area contributed by atoms with Crippen molar-refractivity contribution in [2.75, 3.05) is 18.8 Å². The van der Waals surface area contributed by atoms with Gasteiger partial charge in [0, 0.05) is 18.6 Å². The molecule has 6 nitrogen and oxygen atoms in total. The van der Waals surface area contributed by atoms with E-state index < -0.39 is 16.1 Å². The molecule has 0 saturated heterocycles. The molecule has 0 amide bonds. The maximum Gasteiger partial charge on any atom is 0.303 e. The second-order valence-corrected chi connectivity index (χ2v) is 5.21. The second-order valence-electron chi connectivity index (χ2n) is 3.69. The van der Waals surface area contributed by atoms with Gasteiger partial charge in [0.2, 0.25) is 0 Å². The summed E-state index contributed by atoms with van der Waals surface area (Å²) >= 11 is 0. The summed E-state index contributed by atoms with van der Waals surface area (Å²) in [5.41, 5.74) is 0. The van der Waals surface area contributed by atoms with Crippen LogP contribution < -0.4 is 5.32 Å². The highest BCUT2D eigenvalue weighted by atomic mass is 32.2. The molecule has 0 spiro atoms. The Morgan fingerprint density at radius 1 is 1.12 bits per heavy atom. The molecule has 0 atom stereocenters. The number of quaternary nitrogens is 1. The zero-order valence-electron chi connectivity index (χ0n) is 9.22. The van der Waals surface area contributed by atoms with E-state index in [1.165, 1.54) is 0 Å². The second kappa shape index (κ2) is 8.49. The first-order chi connectivity index (χ1) is 7.42. The van der Waals surface area contributed by atoms with E-state index in [-0.39, 0.29) is 12.2 Å². The zero-order valence-corrected chi connectivity index (χ0v) is 10.0. The van der Waals surface area contributed by atoms with Crippen molar-refractivity contribution in [2.24, 2.45) is 0 Å². The van der Waals surface area contributed by atoms with Crippen LogP contribution >= 0.6 is 0 Å². The van der Waals surface area contributed by atoms with Crippen LogP contribution in [0.25, 0.3) is 0 Å². The minimum Gasteiger partial charge on any atom is -0.748 e. The first-order valence-electron chi connectivity index (χ1n) is 5.39. The summed E-state index contributed by atoms with van der Waals surface area (Å²) in [6, 6.07) is 0. The molecule has 0 aromatic carbocycles. The molecule has 0 heterocycles. The van der Waals surface area contributed by atoms with Crippen LogP contribution in [0.1, 0.15) is 32.1 Å². The number of carboxylic acid groups (broad SMARTS) is 1. The Kier molecular flexibility index (Phi) is 8.14. The van der Waals surface area contributed by atoms with E-state index in [9.17, 15) is 17.8 Å².